The van der Waals surface area contributed by atoms with Crippen LogP contribution < -0.4 is 0 Å². The van der Waals surface area contributed by atoms with Gasteiger partial charge in [-0.25, -0.2) is 0 Å². The summed E-state index contributed by atoms with van der Waals surface area (Å²) >= 11 is 0. The molecule has 0 bridgehead atoms. The van der Waals surface area contributed by atoms with Crippen LogP contribution in [-0.2, 0) is 14.3 Å². The van der Waals surface area contributed by atoms with E-state index in [1.165, 1.54) is 6.08 Å². The fraction of sp³-hybridized carbons (Fsp3) is 0.750. The normalized spacial score (nSPS) is 20.7. The maximum Gasteiger partial charge on any atom is 0.246 e. The molecule has 6 nitrogen and oxygen atoms in total. The molecule has 0 aromatic heterocycles. The number of hydrogen-bond donors (Lipinski definition) is 0. The molecule has 2 rings (SSSR count). The number of piperidine rings is 1. The van der Waals surface area contributed by atoms with Crippen LogP contribution in [0.3, 0.4) is 0 Å². The van der Waals surface area contributed by atoms with Gasteiger partial charge in [-0.15, -0.1) is 0 Å². The maximum atomic E-state index is 12.2. The lowest BCUT2D eigenvalue weighted by Crippen LogP contribution is -2.50. The molecule has 0 unspecified atom stereocenters. The van der Waals surface area contributed by atoms with Gasteiger partial charge in [-0.3, -0.25) is 14.5 Å². The Hall–Kier alpha value is -1.40. The standard InChI is InChI=1S/C16H27N3O3/c1-3-16(21)19(9-8-17-10-12-22-13-11-17)15-4-6-18(7-5-15)14(2)20/h3,15H,1,4-13H2,2H3. The van der Waals surface area contributed by atoms with Gasteiger partial charge in [0, 0.05) is 52.2 Å². The van der Waals surface area contributed by atoms with Crippen LogP contribution in [0.5, 0.6) is 0 Å². The Morgan fingerprint density at radius 1 is 1.23 bits per heavy atom. The van der Waals surface area contributed by atoms with Crippen LogP contribution in [0.4, 0.5) is 0 Å². The van der Waals surface area contributed by atoms with Gasteiger partial charge >= 0.3 is 0 Å². The highest BCUT2D eigenvalue weighted by atomic mass is 16.5. The largest absolute Gasteiger partial charge is 0.379 e. The van der Waals surface area contributed by atoms with Crippen molar-refractivity contribution < 1.29 is 14.3 Å². The first-order valence-corrected chi connectivity index (χ1v) is 8.10. The molecule has 0 aromatic carbocycles. The van der Waals surface area contributed by atoms with E-state index in [2.05, 4.69) is 11.5 Å². The molecule has 2 amide bonds. The molecule has 22 heavy (non-hydrogen) atoms. The molecule has 0 N–H and O–H groups in total. The minimum Gasteiger partial charge on any atom is -0.379 e. The number of hydrogen-bond acceptors (Lipinski definition) is 4. The Labute approximate surface area is 132 Å². The molecule has 0 atom stereocenters. The second kappa shape index (κ2) is 8.29. The minimum absolute atomic E-state index is 0.00506. The molecular formula is C16H27N3O3. The number of ether oxygens (including phenoxy) is 1. The Morgan fingerprint density at radius 3 is 2.41 bits per heavy atom. The minimum atomic E-state index is -0.00506. The van der Waals surface area contributed by atoms with Crippen molar-refractivity contribution in [2.75, 3.05) is 52.5 Å². The Kier molecular flexibility index (Phi) is 6.39. The van der Waals surface area contributed by atoms with E-state index in [9.17, 15) is 9.59 Å². The zero-order chi connectivity index (χ0) is 15.9. The summed E-state index contributed by atoms with van der Waals surface area (Å²) in [5, 5.41) is 0. The van der Waals surface area contributed by atoms with Gasteiger partial charge in [-0.05, 0) is 18.9 Å². The van der Waals surface area contributed by atoms with Crippen molar-refractivity contribution in [3.05, 3.63) is 12.7 Å². The van der Waals surface area contributed by atoms with Gasteiger partial charge in [-0.1, -0.05) is 6.58 Å². The van der Waals surface area contributed by atoms with Gasteiger partial charge in [0.1, 0.15) is 0 Å². The van der Waals surface area contributed by atoms with Crippen LogP contribution in [0.25, 0.3) is 0 Å². The van der Waals surface area contributed by atoms with Crippen molar-refractivity contribution >= 4 is 11.8 Å². The summed E-state index contributed by atoms with van der Waals surface area (Å²) in [6.07, 6.45) is 3.10. The van der Waals surface area contributed by atoms with Crippen LogP contribution >= 0.6 is 0 Å². The third-order valence-electron chi connectivity index (χ3n) is 4.57. The third-order valence-corrected chi connectivity index (χ3v) is 4.57. The number of carbonyl (C=O) groups is 2. The summed E-state index contributed by atoms with van der Waals surface area (Å²) in [4.78, 5) is 29.7. The van der Waals surface area contributed by atoms with Crippen LogP contribution in [0.15, 0.2) is 12.7 Å². The highest BCUT2D eigenvalue weighted by Crippen LogP contribution is 2.17. The van der Waals surface area contributed by atoms with Gasteiger partial charge in [-0.2, -0.15) is 0 Å². The van der Waals surface area contributed by atoms with Crippen LogP contribution in [0.2, 0.25) is 0 Å². The highest BCUT2D eigenvalue weighted by Gasteiger charge is 2.28. The molecule has 124 valence electrons. The molecule has 2 aliphatic heterocycles. The summed E-state index contributed by atoms with van der Waals surface area (Å²) < 4.78 is 5.35. The molecule has 2 fully saturated rings. The Balaban J connectivity index is 1.87. The first-order valence-electron chi connectivity index (χ1n) is 8.10. The molecule has 2 saturated heterocycles. The number of carbonyl (C=O) groups excluding carboxylic acids is 2. The van der Waals surface area contributed by atoms with Crippen molar-refractivity contribution in [2.24, 2.45) is 0 Å². The lowest BCUT2D eigenvalue weighted by atomic mass is 10.0. The molecule has 0 aliphatic carbocycles. The molecule has 2 aliphatic rings. The summed E-state index contributed by atoms with van der Waals surface area (Å²) in [6.45, 7) is 11.7. The first-order chi connectivity index (χ1) is 10.6. The molecule has 0 spiro atoms. The SMILES string of the molecule is C=CC(=O)N(CCN1CCOCC1)C1CCN(C(C)=O)CC1. The molecular weight excluding hydrogens is 282 g/mol. The van der Waals surface area contributed by atoms with Crippen molar-refractivity contribution in [1.29, 1.82) is 0 Å². The lowest BCUT2D eigenvalue weighted by Gasteiger charge is -2.39. The molecule has 2 heterocycles. The average Bonchev–Trinajstić information content (AvgIpc) is 2.56. The van der Waals surface area contributed by atoms with Crippen molar-refractivity contribution in [3.63, 3.8) is 0 Å². The zero-order valence-electron chi connectivity index (χ0n) is 13.5. The molecule has 0 saturated carbocycles. The summed E-state index contributed by atoms with van der Waals surface area (Å²) in [7, 11) is 0. The van der Waals surface area contributed by atoms with Crippen LogP contribution in [-0.4, -0.2) is 85.0 Å². The number of amides is 2. The second-order valence-corrected chi connectivity index (χ2v) is 5.93. The number of likely N-dealkylation sites (tertiary alicyclic amines) is 1. The van der Waals surface area contributed by atoms with Crippen LogP contribution in [0, 0.1) is 0 Å². The fourth-order valence-electron chi connectivity index (χ4n) is 3.16. The van der Waals surface area contributed by atoms with Gasteiger partial charge < -0.3 is 14.5 Å². The predicted molar refractivity (Wildman–Crippen MR) is 84.4 cm³/mol. The Morgan fingerprint density at radius 2 is 1.86 bits per heavy atom. The van der Waals surface area contributed by atoms with E-state index in [1.54, 1.807) is 6.92 Å². The summed E-state index contributed by atoms with van der Waals surface area (Å²) in [5.74, 6) is 0.114. The number of rotatable bonds is 5. The molecule has 0 radical (unpaired) electrons. The van der Waals surface area contributed by atoms with Gasteiger partial charge in [0.2, 0.25) is 11.8 Å². The maximum absolute atomic E-state index is 12.2. The van der Waals surface area contributed by atoms with Gasteiger partial charge in [0.25, 0.3) is 0 Å². The third kappa shape index (κ3) is 4.55. The highest BCUT2D eigenvalue weighted by molar-refractivity contribution is 5.87. The average molecular weight is 309 g/mol. The van der Waals surface area contributed by atoms with Gasteiger partial charge in [0.05, 0.1) is 13.2 Å². The van der Waals surface area contributed by atoms with Gasteiger partial charge in [0.15, 0.2) is 0 Å². The number of nitrogens with zero attached hydrogens (tertiary/aromatic N) is 3. The molecule has 0 aromatic rings. The van der Waals surface area contributed by atoms with Crippen molar-refractivity contribution in [1.82, 2.24) is 14.7 Å². The first kappa shape index (κ1) is 17.0. The van der Waals surface area contributed by atoms with E-state index >= 15 is 0 Å². The lowest BCUT2D eigenvalue weighted by molar-refractivity contribution is -0.133. The second-order valence-electron chi connectivity index (χ2n) is 5.93. The molecule has 6 heteroatoms. The zero-order valence-corrected chi connectivity index (χ0v) is 13.5. The van der Waals surface area contributed by atoms with Crippen LogP contribution in [0.1, 0.15) is 19.8 Å². The van der Waals surface area contributed by atoms with E-state index < -0.39 is 0 Å². The van der Waals surface area contributed by atoms with E-state index in [4.69, 9.17) is 4.74 Å². The fourth-order valence-corrected chi connectivity index (χ4v) is 3.16. The van der Waals surface area contributed by atoms with Crippen molar-refractivity contribution in [3.8, 4) is 0 Å². The topological polar surface area (TPSA) is 53.1 Å². The van der Waals surface area contributed by atoms with E-state index in [0.717, 1.165) is 65.3 Å². The van der Waals surface area contributed by atoms with Crippen molar-refractivity contribution in [2.45, 2.75) is 25.8 Å². The number of morpholine rings is 1. The van der Waals surface area contributed by atoms with E-state index in [1.807, 2.05) is 9.80 Å². The monoisotopic (exact) mass is 309 g/mol. The summed E-state index contributed by atoms with van der Waals surface area (Å²) in [5.41, 5.74) is 0. The predicted octanol–water partition coefficient (Wildman–Crippen LogP) is 0.344. The quantitative estimate of drug-likeness (QED) is 0.688. The smallest absolute Gasteiger partial charge is 0.246 e. The van der Waals surface area contributed by atoms with E-state index in [0.29, 0.717) is 0 Å². The van der Waals surface area contributed by atoms with E-state index in [-0.39, 0.29) is 17.9 Å². The Bertz CT molecular complexity index is 399. The summed E-state index contributed by atoms with van der Waals surface area (Å²) in [6, 6.07) is 0.210.